The lowest BCUT2D eigenvalue weighted by Crippen LogP contribution is -2.28. The number of fused-ring (bicyclic) bond motifs is 1. The highest BCUT2D eigenvalue weighted by Gasteiger charge is 2.24. The molecule has 0 aromatic heterocycles. The molecule has 2 rings (SSSR count). The standard InChI is InChI=1S/C12H13N3O2S/c13-8-4-1-5-9-15-10-14-18(16,17)12-7-3-2-6-11(12)15/h2-3,6-7,10H,1,4-5,9H2. The summed E-state index contributed by atoms with van der Waals surface area (Å²) in [5.41, 5.74) is 0.657. The van der Waals surface area contributed by atoms with Crippen LogP contribution in [0.15, 0.2) is 33.6 Å². The topological polar surface area (TPSA) is 73.5 Å². The van der Waals surface area contributed by atoms with Crippen molar-refractivity contribution < 1.29 is 8.42 Å². The molecule has 1 aliphatic rings. The van der Waals surface area contributed by atoms with E-state index in [0.717, 1.165) is 12.8 Å². The number of para-hydroxylation sites is 1. The van der Waals surface area contributed by atoms with E-state index in [4.69, 9.17) is 5.26 Å². The van der Waals surface area contributed by atoms with Crippen LogP contribution in [-0.2, 0) is 10.0 Å². The Balaban J connectivity index is 2.18. The summed E-state index contributed by atoms with van der Waals surface area (Å²) in [6, 6.07) is 8.90. The second kappa shape index (κ2) is 5.19. The maximum Gasteiger partial charge on any atom is 0.285 e. The van der Waals surface area contributed by atoms with Crippen LogP contribution in [0.3, 0.4) is 0 Å². The van der Waals surface area contributed by atoms with Gasteiger partial charge in [-0.1, -0.05) is 12.1 Å². The number of unbranched alkanes of at least 4 members (excludes halogenated alkanes) is 2. The van der Waals surface area contributed by atoms with E-state index in [2.05, 4.69) is 10.5 Å². The normalized spacial score (nSPS) is 16.1. The van der Waals surface area contributed by atoms with Gasteiger partial charge in [0.2, 0.25) is 0 Å². The Morgan fingerprint density at radius 2 is 2.06 bits per heavy atom. The molecule has 0 N–H and O–H groups in total. The van der Waals surface area contributed by atoms with Crippen LogP contribution in [-0.4, -0.2) is 21.3 Å². The van der Waals surface area contributed by atoms with Gasteiger partial charge in [-0.2, -0.15) is 13.7 Å². The molecule has 0 radical (unpaired) electrons. The highest BCUT2D eigenvalue weighted by molar-refractivity contribution is 7.90. The van der Waals surface area contributed by atoms with Crippen molar-refractivity contribution in [2.75, 3.05) is 11.4 Å². The van der Waals surface area contributed by atoms with Crippen LogP contribution in [0.2, 0.25) is 0 Å². The number of nitrogens with zero attached hydrogens (tertiary/aromatic N) is 3. The third kappa shape index (κ3) is 2.51. The van der Waals surface area contributed by atoms with Crippen molar-refractivity contribution >= 4 is 22.0 Å². The van der Waals surface area contributed by atoms with Gasteiger partial charge in [0.15, 0.2) is 0 Å². The summed E-state index contributed by atoms with van der Waals surface area (Å²) in [7, 11) is -3.53. The van der Waals surface area contributed by atoms with Crippen LogP contribution in [0, 0.1) is 11.3 Å². The molecule has 1 aromatic rings. The van der Waals surface area contributed by atoms with Crippen molar-refractivity contribution in [3.05, 3.63) is 24.3 Å². The Labute approximate surface area is 106 Å². The molecule has 0 fully saturated rings. The smallest absolute Gasteiger partial charge is 0.285 e. The Bertz CT molecular complexity index is 602. The maximum absolute atomic E-state index is 11.7. The summed E-state index contributed by atoms with van der Waals surface area (Å²) >= 11 is 0. The van der Waals surface area contributed by atoms with Gasteiger partial charge in [-0.15, -0.1) is 4.40 Å². The van der Waals surface area contributed by atoms with Gasteiger partial charge in [0.1, 0.15) is 11.2 Å². The summed E-state index contributed by atoms with van der Waals surface area (Å²) in [6.45, 7) is 0.664. The van der Waals surface area contributed by atoms with Gasteiger partial charge in [-0.3, -0.25) is 0 Å². The van der Waals surface area contributed by atoms with E-state index in [1.165, 1.54) is 6.34 Å². The summed E-state index contributed by atoms with van der Waals surface area (Å²) < 4.78 is 27.0. The van der Waals surface area contributed by atoms with Crippen LogP contribution in [0.25, 0.3) is 0 Å². The molecule has 5 nitrogen and oxygen atoms in total. The van der Waals surface area contributed by atoms with Crippen molar-refractivity contribution in [2.24, 2.45) is 4.40 Å². The fraction of sp³-hybridized carbons (Fsp3) is 0.333. The van der Waals surface area contributed by atoms with Gasteiger partial charge in [0.25, 0.3) is 10.0 Å². The number of hydrogen-bond donors (Lipinski definition) is 0. The van der Waals surface area contributed by atoms with Gasteiger partial charge < -0.3 is 4.90 Å². The van der Waals surface area contributed by atoms with Crippen molar-refractivity contribution in [1.29, 1.82) is 5.26 Å². The fourth-order valence-corrected chi connectivity index (χ4v) is 2.87. The van der Waals surface area contributed by atoms with Gasteiger partial charge >= 0.3 is 0 Å². The minimum absolute atomic E-state index is 0.243. The molecule has 0 bridgehead atoms. The van der Waals surface area contributed by atoms with Gasteiger partial charge in [-0.25, -0.2) is 0 Å². The Morgan fingerprint density at radius 3 is 2.83 bits per heavy atom. The number of hydrogen-bond acceptors (Lipinski definition) is 4. The molecule has 0 atom stereocenters. The zero-order valence-electron chi connectivity index (χ0n) is 9.78. The predicted octanol–water partition coefficient (Wildman–Crippen LogP) is 1.92. The van der Waals surface area contributed by atoms with E-state index >= 15 is 0 Å². The van der Waals surface area contributed by atoms with Crippen LogP contribution >= 0.6 is 0 Å². The first-order chi connectivity index (χ1) is 8.65. The van der Waals surface area contributed by atoms with E-state index in [-0.39, 0.29) is 4.90 Å². The first kappa shape index (κ1) is 12.6. The third-order valence-corrected chi connectivity index (χ3v) is 3.99. The largest absolute Gasteiger partial charge is 0.331 e. The molecule has 0 saturated heterocycles. The van der Waals surface area contributed by atoms with Crippen molar-refractivity contribution in [3.8, 4) is 6.07 Å². The van der Waals surface area contributed by atoms with Crippen molar-refractivity contribution in [3.63, 3.8) is 0 Å². The van der Waals surface area contributed by atoms with Crippen LogP contribution < -0.4 is 4.90 Å². The SMILES string of the molecule is N#CCCCCN1C=NS(=O)(=O)c2ccccc21. The lowest BCUT2D eigenvalue weighted by atomic mass is 10.2. The van der Waals surface area contributed by atoms with E-state index in [0.29, 0.717) is 18.7 Å². The molecule has 94 valence electrons. The molecule has 0 amide bonds. The second-order valence-electron chi connectivity index (χ2n) is 3.97. The maximum atomic E-state index is 11.7. The Kier molecular flexibility index (Phi) is 3.63. The number of nitriles is 1. The fourth-order valence-electron chi connectivity index (χ4n) is 1.81. The lowest BCUT2D eigenvalue weighted by molar-refractivity contribution is 0.597. The first-order valence-electron chi connectivity index (χ1n) is 5.68. The molecule has 0 aliphatic carbocycles. The zero-order valence-corrected chi connectivity index (χ0v) is 10.6. The summed E-state index contributed by atoms with van der Waals surface area (Å²) in [4.78, 5) is 2.06. The monoisotopic (exact) mass is 263 g/mol. The summed E-state index contributed by atoms with van der Waals surface area (Å²) in [6.07, 6.45) is 3.50. The highest BCUT2D eigenvalue weighted by atomic mass is 32.2. The van der Waals surface area contributed by atoms with Crippen molar-refractivity contribution in [1.82, 2.24) is 0 Å². The minimum atomic E-state index is -3.53. The van der Waals surface area contributed by atoms with Gasteiger partial charge in [0, 0.05) is 13.0 Å². The number of sulfonamides is 1. The molecule has 0 saturated carbocycles. The first-order valence-corrected chi connectivity index (χ1v) is 7.12. The van der Waals surface area contributed by atoms with Crippen LogP contribution in [0.4, 0.5) is 5.69 Å². The molecule has 0 unspecified atom stereocenters. The highest BCUT2D eigenvalue weighted by Crippen LogP contribution is 2.29. The zero-order chi connectivity index (χ0) is 13.0. The molecule has 1 heterocycles. The number of anilines is 1. The lowest BCUT2D eigenvalue weighted by Gasteiger charge is -2.24. The molecular weight excluding hydrogens is 250 g/mol. The summed E-state index contributed by atoms with van der Waals surface area (Å²) in [5.74, 6) is 0. The second-order valence-corrected chi connectivity index (χ2v) is 5.57. The third-order valence-electron chi connectivity index (χ3n) is 2.72. The van der Waals surface area contributed by atoms with Crippen molar-refractivity contribution in [2.45, 2.75) is 24.2 Å². The van der Waals surface area contributed by atoms with E-state index in [1.54, 1.807) is 24.3 Å². The minimum Gasteiger partial charge on any atom is -0.331 e. The summed E-state index contributed by atoms with van der Waals surface area (Å²) in [5, 5.41) is 8.46. The van der Waals surface area contributed by atoms with E-state index < -0.39 is 10.0 Å². The Morgan fingerprint density at radius 1 is 1.28 bits per heavy atom. The Hall–Kier alpha value is -1.87. The molecule has 1 aliphatic heterocycles. The van der Waals surface area contributed by atoms with Gasteiger partial charge in [-0.05, 0) is 25.0 Å². The average Bonchev–Trinajstić information content (AvgIpc) is 2.37. The van der Waals surface area contributed by atoms with E-state index in [9.17, 15) is 8.42 Å². The average molecular weight is 263 g/mol. The molecule has 18 heavy (non-hydrogen) atoms. The molecule has 6 heteroatoms. The molecule has 1 aromatic carbocycles. The number of benzene rings is 1. The van der Waals surface area contributed by atoms with Crippen LogP contribution in [0.5, 0.6) is 0 Å². The quantitative estimate of drug-likeness (QED) is 0.778. The van der Waals surface area contributed by atoms with E-state index in [1.807, 2.05) is 4.90 Å². The molecular formula is C12H13N3O2S. The van der Waals surface area contributed by atoms with Gasteiger partial charge in [0.05, 0.1) is 11.8 Å². The molecule has 0 spiro atoms. The predicted molar refractivity (Wildman–Crippen MR) is 68.9 cm³/mol. The van der Waals surface area contributed by atoms with Crippen LogP contribution in [0.1, 0.15) is 19.3 Å². The number of rotatable bonds is 4.